The number of ether oxygens (including phenoxy) is 2. The van der Waals surface area contributed by atoms with Crippen molar-refractivity contribution < 1.29 is 24.2 Å². The number of aryl methyl sites for hydroxylation is 2. The molecule has 1 atom stereocenters. The first-order valence-corrected chi connectivity index (χ1v) is 11.2. The van der Waals surface area contributed by atoms with Gasteiger partial charge in [0.15, 0.2) is 0 Å². The molecule has 0 aromatic heterocycles. The van der Waals surface area contributed by atoms with Gasteiger partial charge in [-0.2, -0.15) is 0 Å². The summed E-state index contributed by atoms with van der Waals surface area (Å²) in [6.07, 6.45) is 0.588. The van der Waals surface area contributed by atoms with Crippen molar-refractivity contribution in [3.8, 4) is 5.75 Å². The molecule has 1 fully saturated rings. The number of hydrogen-bond donors (Lipinski definition) is 1. The molecule has 6 heteroatoms. The molecule has 1 aliphatic rings. The van der Waals surface area contributed by atoms with Gasteiger partial charge in [-0.1, -0.05) is 38.1 Å². The first-order valence-electron chi connectivity index (χ1n) is 11.2. The van der Waals surface area contributed by atoms with Crippen molar-refractivity contribution in [2.24, 2.45) is 0 Å². The number of carbonyl (C=O) groups is 2. The van der Waals surface area contributed by atoms with Crippen LogP contribution in [0.5, 0.6) is 5.75 Å². The predicted octanol–water partition coefficient (Wildman–Crippen LogP) is 4.89. The average molecular weight is 452 g/mol. The van der Waals surface area contributed by atoms with E-state index in [1.54, 1.807) is 25.2 Å². The minimum Gasteiger partial charge on any atom is -0.507 e. The number of ketones is 1. The predicted molar refractivity (Wildman–Crippen MR) is 129 cm³/mol. The van der Waals surface area contributed by atoms with Crippen molar-refractivity contribution in [3.05, 3.63) is 69.8 Å². The zero-order valence-corrected chi connectivity index (χ0v) is 20.3. The SMILES string of the molecule is COCCCN1C(=O)C(=O)/C(=C(/O)c2cc(C)c(OC)cc2C)C1c1ccc(C(C)C)cc1. The third-order valence-corrected chi connectivity index (χ3v) is 6.20. The first kappa shape index (κ1) is 24.5. The molecule has 0 saturated carbocycles. The summed E-state index contributed by atoms with van der Waals surface area (Å²) in [5.74, 6) is -0.380. The zero-order valence-electron chi connectivity index (χ0n) is 20.3. The minimum atomic E-state index is -0.671. The summed E-state index contributed by atoms with van der Waals surface area (Å²) in [6, 6.07) is 10.9. The summed E-state index contributed by atoms with van der Waals surface area (Å²) in [6.45, 7) is 8.77. The van der Waals surface area contributed by atoms with Crippen molar-refractivity contribution >= 4 is 17.4 Å². The molecular weight excluding hydrogens is 418 g/mol. The van der Waals surface area contributed by atoms with E-state index in [0.29, 0.717) is 36.8 Å². The molecule has 1 saturated heterocycles. The number of Topliss-reactive ketones (excluding diaryl/α,β-unsaturated/α-hetero) is 1. The number of aliphatic hydroxyl groups excluding tert-OH is 1. The highest BCUT2D eigenvalue weighted by molar-refractivity contribution is 6.46. The van der Waals surface area contributed by atoms with E-state index in [4.69, 9.17) is 9.47 Å². The second kappa shape index (κ2) is 10.2. The maximum absolute atomic E-state index is 13.2. The fourth-order valence-corrected chi connectivity index (χ4v) is 4.31. The van der Waals surface area contributed by atoms with Crippen LogP contribution >= 0.6 is 0 Å². The van der Waals surface area contributed by atoms with Gasteiger partial charge in [0, 0.05) is 25.8 Å². The Labute approximate surface area is 195 Å². The van der Waals surface area contributed by atoms with E-state index in [0.717, 1.165) is 22.3 Å². The fraction of sp³-hybridized carbons (Fsp3) is 0.407. The van der Waals surface area contributed by atoms with Crippen molar-refractivity contribution in [2.75, 3.05) is 27.4 Å². The van der Waals surface area contributed by atoms with Crippen molar-refractivity contribution in [1.82, 2.24) is 4.90 Å². The Morgan fingerprint density at radius 3 is 2.30 bits per heavy atom. The molecular formula is C27H33NO5. The van der Waals surface area contributed by atoms with Crippen LogP contribution in [0.3, 0.4) is 0 Å². The summed E-state index contributed by atoms with van der Waals surface area (Å²) < 4.78 is 10.5. The molecule has 33 heavy (non-hydrogen) atoms. The number of nitrogens with zero attached hydrogens (tertiary/aromatic N) is 1. The van der Waals surface area contributed by atoms with E-state index in [-0.39, 0.29) is 11.3 Å². The standard InChI is InChI=1S/C27H33NO5/c1-16(2)19-8-10-20(11-9-19)24-23(26(30)27(31)28(24)12-7-13-32-5)25(29)21-14-18(4)22(33-6)15-17(21)3/h8-11,14-16,24,29H,7,12-13H2,1-6H3/b25-23+. The topological polar surface area (TPSA) is 76.1 Å². The molecule has 0 spiro atoms. The number of methoxy groups -OCH3 is 2. The number of benzene rings is 2. The molecule has 1 amide bonds. The van der Waals surface area contributed by atoms with Gasteiger partial charge in [0.05, 0.1) is 18.7 Å². The minimum absolute atomic E-state index is 0.113. The largest absolute Gasteiger partial charge is 0.507 e. The highest BCUT2D eigenvalue weighted by atomic mass is 16.5. The summed E-state index contributed by atoms with van der Waals surface area (Å²) in [5, 5.41) is 11.4. The van der Waals surface area contributed by atoms with E-state index in [1.165, 1.54) is 0 Å². The number of hydrogen-bond acceptors (Lipinski definition) is 5. The van der Waals surface area contributed by atoms with Crippen LogP contribution in [0.1, 0.15) is 60.0 Å². The molecule has 0 radical (unpaired) electrons. The summed E-state index contributed by atoms with van der Waals surface area (Å²) in [4.78, 5) is 27.7. The average Bonchev–Trinajstić information content (AvgIpc) is 3.05. The molecule has 176 valence electrons. The molecule has 6 nitrogen and oxygen atoms in total. The van der Waals surface area contributed by atoms with Gasteiger partial charge in [-0.25, -0.2) is 0 Å². The van der Waals surface area contributed by atoms with Crippen LogP contribution < -0.4 is 4.74 Å². The molecule has 1 heterocycles. The Morgan fingerprint density at radius 1 is 1.06 bits per heavy atom. The second-order valence-electron chi connectivity index (χ2n) is 8.80. The van der Waals surface area contributed by atoms with Crippen molar-refractivity contribution in [3.63, 3.8) is 0 Å². The lowest BCUT2D eigenvalue weighted by atomic mass is 9.91. The van der Waals surface area contributed by atoms with Gasteiger partial charge in [-0.05, 0) is 60.6 Å². The second-order valence-corrected chi connectivity index (χ2v) is 8.80. The Kier molecular flexibility index (Phi) is 7.59. The molecule has 1 unspecified atom stereocenters. The van der Waals surface area contributed by atoms with Crippen LogP contribution in [-0.2, 0) is 14.3 Å². The van der Waals surface area contributed by atoms with Gasteiger partial charge in [0.2, 0.25) is 0 Å². The number of aliphatic hydroxyl groups is 1. The van der Waals surface area contributed by atoms with Crippen molar-refractivity contribution in [1.29, 1.82) is 0 Å². The molecule has 2 aromatic carbocycles. The molecule has 2 aromatic rings. The first-order chi connectivity index (χ1) is 15.7. The maximum atomic E-state index is 13.2. The van der Waals surface area contributed by atoms with Gasteiger partial charge in [-0.3, -0.25) is 9.59 Å². The normalized spacial score (nSPS) is 17.8. The highest BCUT2D eigenvalue weighted by Gasteiger charge is 2.45. The molecule has 1 N–H and O–H groups in total. The smallest absolute Gasteiger partial charge is 0.295 e. The highest BCUT2D eigenvalue weighted by Crippen LogP contribution is 2.41. The Morgan fingerprint density at radius 2 is 1.73 bits per heavy atom. The number of rotatable bonds is 8. The van der Waals surface area contributed by atoms with Gasteiger partial charge < -0.3 is 19.5 Å². The van der Waals surface area contributed by atoms with Crippen LogP contribution in [0.4, 0.5) is 0 Å². The lowest BCUT2D eigenvalue weighted by molar-refractivity contribution is -0.140. The Hall–Kier alpha value is -3.12. The number of carbonyl (C=O) groups excluding carboxylic acids is 2. The number of likely N-dealkylation sites (tertiary alicyclic amines) is 1. The van der Waals surface area contributed by atoms with Crippen LogP contribution in [-0.4, -0.2) is 49.1 Å². The summed E-state index contributed by atoms with van der Waals surface area (Å²) in [7, 11) is 3.19. The Balaban J connectivity index is 2.17. The van der Waals surface area contributed by atoms with Crippen LogP contribution in [0.2, 0.25) is 0 Å². The van der Waals surface area contributed by atoms with Gasteiger partial charge in [0.1, 0.15) is 11.5 Å². The monoisotopic (exact) mass is 451 g/mol. The van der Waals surface area contributed by atoms with Gasteiger partial charge >= 0.3 is 0 Å². The molecule has 0 aliphatic carbocycles. The number of amides is 1. The van der Waals surface area contributed by atoms with Gasteiger partial charge in [0.25, 0.3) is 11.7 Å². The Bertz CT molecular complexity index is 1070. The van der Waals surface area contributed by atoms with E-state index in [1.807, 2.05) is 44.2 Å². The lowest BCUT2D eigenvalue weighted by Gasteiger charge is -2.26. The third-order valence-electron chi connectivity index (χ3n) is 6.20. The van der Waals surface area contributed by atoms with Crippen LogP contribution in [0.25, 0.3) is 5.76 Å². The lowest BCUT2D eigenvalue weighted by Crippen LogP contribution is -2.31. The summed E-state index contributed by atoms with van der Waals surface area (Å²) in [5.41, 5.74) is 4.18. The van der Waals surface area contributed by atoms with E-state index >= 15 is 0 Å². The molecule has 3 rings (SSSR count). The quantitative estimate of drug-likeness (QED) is 0.268. The van der Waals surface area contributed by atoms with Crippen molar-refractivity contribution in [2.45, 2.75) is 46.1 Å². The van der Waals surface area contributed by atoms with E-state index < -0.39 is 17.7 Å². The van der Waals surface area contributed by atoms with Crippen LogP contribution in [0.15, 0.2) is 42.0 Å². The summed E-state index contributed by atoms with van der Waals surface area (Å²) >= 11 is 0. The van der Waals surface area contributed by atoms with Crippen LogP contribution in [0, 0.1) is 13.8 Å². The van der Waals surface area contributed by atoms with Gasteiger partial charge in [-0.15, -0.1) is 0 Å². The van der Waals surface area contributed by atoms with E-state index in [2.05, 4.69) is 13.8 Å². The third kappa shape index (κ3) is 4.81. The fourth-order valence-electron chi connectivity index (χ4n) is 4.31. The van der Waals surface area contributed by atoms with E-state index in [9.17, 15) is 14.7 Å². The molecule has 1 aliphatic heterocycles. The zero-order chi connectivity index (χ0) is 24.3. The maximum Gasteiger partial charge on any atom is 0.295 e. The molecule has 0 bridgehead atoms.